The molecule has 1 atom stereocenters. The standard InChI is InChI=1S/C16H24N2O5/c1-11(2)23-9-5-8-17-13(16(21)22)10-15(20)18-12-6-3-4-7-14(12)19/h3-4,6-7,11,13,17,19H,5,8-10H2,1-2H3,(H,18,20)(H,21,22). The molecule has 7 nitrogen and oxygen atoms in total. The molecule has 23 heavy (non-hydrogen) atoms. The maximum absolute atomic E-state index is 11.9. The Bertz CT molecular complexity index is 519. The number of amides is 1. The summed E-state index contributed by atoms with van der Waals surface area (Å²) in [6, 6.07) is 5.29. The molecular weight excluding hydrogens is 300 g/mol. The van der Waals surface area contributed by atoms with Crippen LogP contribution in [0.15, 0.2) is 24.3 Å². The van der Waals surface area contributed by atoms with E-state index in [-0.39, 0.29) is 24.0 Å². The Morgan fingerprint density at radius 1 is 1.26 bits per heavy atom. The Kier molecular flexibility index (Phi) is 8.07. The Balaban J connectivity index is 2.41. The lowest BCUT2D eigenvalue weighted by molar-refractivity contribution is -0.141. The fraction of sp³-hybridized carbons (Fsp3) is 0.500. The van der Waals surface area contributed by atoms with Crippen LogP contribution in [0.3, 0.4) is 0 Å². The first kappa shape index (κ1) is 18.9. The van der Waals surface area contributed by atoms with Gasteiger partial charge in [0.2, 0.25) is 5.91 Å². The van der Waals surface area contributed by atoms with Gasteiger partial charge in [0, 0.05) is 6.61 Å². The van der Waals surface area contributed by atoms with Crippen LogP contribution in [0.4, 0.5) is 5.69 Å². The van der Waals surface area contributed by atoms with Crippen molar-refractivity contribution in [3.05, 3.63) is 24.3 Å². The molecule has 7 heteroatoms. The zero-order chi connectivity index (χ0) is 17.2. The van der Waals surface area contributed by atoms with Gasteiger partial charge in [-0.05, 0) is 38.9 Å². The predicted molar refractivity (Wildman–Crippen MR) is 86.5 cm³/mol. The second-order valence-corrected chi connectivity index (χ2v) is 5.39. The average Bonchev–Trinajstić information content (AvgIpc) is 2.47. The molecule has 0 fully saturated rings. The van der Waals surface area contributed by atoms with Gasteiger partial charge in [0.05, 0.1) is 18.2 Å². The van der Waals surface area contributed by atoms with E-state index < -0.39 is 17.9 Å². The fourth-order valence-electron chi connectivity index (χ4n) is 1.88. The van der Waals surface area contributed by atoms with Crippen LogP contribution in [0.5, 0.6) is 5.75 Å². The number of carboxylic acid groups (broad SMARTS) is 1. The molecule has 1 rings (SSSR count). The number of para-hydroxylation sites is 2. The Morgan fingerprint density at radius 3 is 2.57 bits per heavy atom. The predicted octanol–water partition coefficient (Wildman–Crippen LogP) is 1.58. The lowest BCUT2D eigenvalue weighted by Gasteiger charge is -2.15. The van der Waals surface area contributed by atoms with Gasteiger partial charge in [-0.3, -0.25) is 9.59 Å². The third kappa shape index (κ3) is 7.62. The number of phenolic OH excluding ortho intramolecular Hbond substituents is 1. The second kappa shape index (κ2) is 9.81. The molecule has 0 aliphatic rings. The topological polar surface area (TPSA) is 108 Å². The van der Waals surface area contributed by atoms with Gasteiger partial charge in [0.25, 0.3) is 0 Å². The lowest BCUT2D eigenvalue weighted by Crippen LogP contribution is -2.40. The number of phenols is 1. The van der Waals surface area contributed by atoms with Crippen LogP contribution in [0.2, 0.25) is 0 Å². The van der Waals surface area contributed by atoms with Crippen molar-refractivity contribution < 1.29 is 24.5 Å². The molecule has 1 aromatic rings. The number of hydrogen-bond donors (Lipinski definition) is 4. The molecule has 0 spiro atoms. The average molecular weight is 324 g/mol. The van der Waals surface area contributed by atoms with E-state index in [1.54, 1.807) is 18.2 Å². The van der Waals surface area contributed by atoms with Gasteiger partial charge in [-0.2, -0.15) is 0 Å². The van der Waals surface area contributed by atoms with Crippen molar-refractivity contribution in [1.82, 2.24) is 5.32 Å². The fourth-order valence-corrected chi connectivity index (χ4v) is 1.88. The smallest absolute Gasteiger partial charge is 0.321 e. The first-order valence-corrected chi connectivity index (χ1v) is 7.55. The highest BCUT2D eigenvalue weighted by atomic mass is 16.5. The van der Waals surface area contributed by atoms with E-state index in [0.29, 0.717) is 19.6 Å². The maximum Gasteiger partial charge on any atom is 0.321 e. The summed E-state index contributed by atoms with van der Waals surface area (Å²) in [5.41, 5.74) is 0.256. The number of ether oxygens (including phenoxy) is 1. The summed E-state index contributed by atoms with van der Waals surface area (Å²) in [6.07, 6.45) is 0.562. The Morgan fingerprint density at radius 2 is 1.96 bits per heavy atom. The van der Waals surface area contributed by atoms with Crippen LogP contribution in [0.1, 0.15) is 26.7 Å². The van der Waals surface area contributed by atoms with Gasteiger partial charge in [-0.25, -0.2) is 0 Å². The SMILES string of the molecule is CC(C)OCCCNC(CC(=O)Nc1ccccc1O)C(=O)O. The molecule has 0 saturated carbocycles. The molecule has 0 saturated heterocycles. The van der Waals surface area contributed by atoms with Crippen LogP contribution in [0.25, 0.3) is 0 Å². The monoisotopic (exact) mass is 324 g/mol. The zero-order valence-electron chi connectivity index (χ0n) is 13.4. The number of benzene rings is 1. The summed E-state index contributed by atoms with van der Waals surface area (Å²) in [6.45, 7) is 4.82. The number of carbonyl (C=O) groups excluding carboxylic acids is 1. The van der Waals surface area contributed by atoms with Gasteiger partial charge in [0.15, 0.2) is 0 Å². The quantitative estimate of drug-likeness (QED) is 0.384. The number of carbonyl (C=O) groups is 2. The number of nitrogens with one attached hydrogen (secondary N) is 2. The van der Waals surface area contributed by atoms with E-state index in [1.165, 1.54) is 6.07 Å². The summed E-state index contributed by atoms with van der Waals surface area (Å²) in [7, 11) is 0. The highest BCUT2D eigenvalue weighted by Crippen LogP contribution is 2.21. The second-order valence-electron chi connectivity index (χ2n) is 5.39. The van der Waals surface area contributed by atoms with Gasteiger partial charge in [-0.1, -0.05) is 12.1 Å². The molecule has 0 aliphatic heterocycles. The number of anilines is 1. The van der Waals surface area contributed by atoms with Crippen LogP contribution in [0, 0.1) is 0 Å². The lowest BCUT2D eigenvalue weighted by atomic mass is 10.2. The summed E-state index contributed by atoms with van der Waals surface area (Å²) in [5.74, 6) is -1.64. The number of carboxylic acids is 1. The molecule has 128 valence electrons. The van der Waals surface area contributed by atoms with Crippen molar-refractivity contribution in [1.29, 1.82) is 0 Å². The summed E-state index contributed by atoms with van der Waals surface area (Å²) in [5, 5.41) is 24.1. The largest absolute Gasteiger partial charge is 0.506 e. The van der Waals surface area contributed by atoms with Gasteiger partial charge >= 0.3 is 5.97 Å². The normalized spacial score (nSPS) is 12.1. The first-order valence-electron chi connectivity index (χ1n) is 7.55. The Hall–Kier alpha value is -2.12. The molecule has 0 aliphatic carbocycles. The van der Waals surface area contributed by atoms with Gasteiger partial charge in [0.1, 0.15) is 11.8 Å². The molecule has 1 amide bonds. The summed E-state index contributed by atoms with van der Waals surface area (Å²) in [4.78, 5) is 23.1. The van der Waals surface area contributed by atoms with E-state index in [0.717, 1.165) is 0 Å². The molecular formula is C16H24N2O5. The summed E-state index contributed by atoms with van der Waals surface area (Å²) >= 11 is 0. The van der Waals surface area contributed by atoms with Crippen molar-refractivity contribution in [3.8, 4) is 5.75 Å². The summed E-state index contributed by atoms with van der Waals surface area (Å²) < 4.78 is 5.36. The van der Waals surface area contributed by atoms with Crippen molar-refractivity contribution >= 4 is 17.6 Å². The molecule has 1 aromatic carbocycles. The number of aromatic hydroxyl groups is 1. The van der Waals surface area contributed by atoms with E-state index >= 15 is 0 Å². The Labute approximate surface area is 135 Å². The van der Waals surface area contributed by atoms with E-state index in [4.69, 9.17) is 9.84 Å². The highest BCUT2D eigenvalue weighted by Gasteiger charge is 2.20. The number of rotatable bonds is 10. The van der Waals surface area contributed by atoms with Crippen LogP contribution < -0.4 is 10.6 Å². The van der Waals surface area contributed by atoms with Crippen LogP contribution in [-0.2, 0) is 14.3 Å². The van der Waals surface area contributed by atoms with Gasteiger partial charge < -0.3 is 25.6 Å². The van der Waals surface area contributed by atoms with Crippen LogP contribution >= 0.6 is 0 Å². The highest BCUT2D eigenvalue weighted by molar-refractivity contribution is 5.95. The molecule has 0 bridgehead atoms. The van der Waals surface area contributed by atoms with Crippen molar-refractivity contribution in [2.75, 3.05) is 18.5 Å². The number of hydrogen-bond acceptors (Lipinski definition) is 5. The minimum absolute atomic E-state index is 0.0634. The van der Waals surface area contributed by atoms with Crippen molar-refractivity contribution in [2.24, 2.45) is 0 Å². The molecule has 0 radical (unpaired) electrons. The molecule has 1 unspecified atom stereocenters. The number of aliphatic carboxylic acids is 1. The van der Waals surface area contributed by atoms with Gasteiger partial charge in [-0.15, -0.1) is 0 Å². The molecule has 4 N–H and O–H groups in total. The van der Waals surface area contributed by atoms with E-state index in [9.17, 15) is 14.7 Å². The van der Waals surface area contributed by atoms with Crippen LogP contribution in [-0.4, -0.2) is 47.4 Å². The third-order valence-electron chi connectivity index (χ3n) is 3.03. The molecule has 0 heterocycles. The van der Waals surface area contributed by atoms with Crippen molar-refractivity contribution in [2.45, 2.75) is 38.8 Å². The minimum atomic E-state index is -1.10. The first-order chi connectivity index (χ1) is 10.9. The molecule has 0 aromatic heterocycles. The van der Waals surface area contributed by atoms with E-state index in [1.807, 2.05) is 13.8 Å². The third-order valence-corrected chi connectivity index (χ3v) is 3.03. The minimum Gasteiger partial charge on any atom is -0.506 e. The zero-order valence-corrected chi connectivity index (χ0v) is 13.4. The van der Waals surface area contributed by atoms with E-state index in [2.05, 4.69) is 10.6 Å². The van der Waals surface area contributed by atoms with Crippen molar-refractivity contribution in [3.63, 3.8) is 0 Å². The maximum atomic E-state index is 11.9.